The highest BCUT2D eigenvalue weighted by Crippen LogP contribution is 2.32. The minimum absolute atomic E-state index is 0.00803. The summed E-state index contributed by atoms with van der Waals surface area (Å²) < 4.78 is 0. The van der Waals surface area contributed by atoms with Gasteiger partial charge in [0.2, 0.25) is 17.7 Å². The minimum Gasteiger partial charge on any atom is -0.388 e. The molecular formula is C40H44N10O6. The van der Waals surface area contributed by atoms with Crippen molar-refractivity contribution in [3.63, 3.8) is 0 Å². The van der Waals surface area contributed by atoms with Crippen LogP contribution in [0.1, 0.15) is 81.0 Å². The Hall–Kier alpha value is -6.42. The molecule has 0 aliphatic carbocycles. The van der Waals surface area contributed by atoms with E-state index in [1.54, 1.807) is 43.4 Å². The zero-order valence-corrected chi connectivity index (χ0v) is 31.0. The average Bonchev–Trinajstić information content (AvgIpc) is 3.88. The Morgan fingerprint density at radius 2 is 1.82 bits per heavy atom. The second-order valence-corrected chi connectivity index (χ2v) is 14.3. The van der Waals surface area contributed by atoms with Crippen molar-refractivity contribution in [2.24, 2.45) is 5.92 Å². The number of aromatic nitrogens is 2. The van der Waals surface area contributed by atoms with Gasteiger partial charge in [-0.25, -0.2) is 4.98 Å². The highest BCUT2D eigenvalue weighted by molar-refractivity contribution is 6.25. The number of aromatic amines is 1. The van der Waals surface area contributed by atoms with Gasteiger partial charge >= 0.3 is 0 Å². The lowest BCUT2D eigenvalue weighted by molar-refractivity contribution is -0.136. The summed E-state index contributed by atoms with van der Waals surface area (Å²) >= 11 is 0. The maximum absolute atomic E-state index is 13.3. The fourth-order valence-corrected chi connectivity index (χ4v) is 7.60. The van der Waals surface area contributed by atoms with Crippen molar-refractivity contribution >= 4 is 69.8 Å². The third-order valence-electron chi connectivity index (χ3n) is 10.5. The van der Waals surface area contributed by atoms with Crippen LogP contribution in [0.25, 0.3) is 11.0 Å². The van der Waals surface area contributed by atoms with E-state index in [0.29, 0.717) is 61.4 Å². The molecule has 2 unspecified atom stereocenters. The number of rotatable bonds is 15. The molecule has 290 valence electrons. The molecule has 7 N–H and O–H groups in total. The van der Waals surface area contributed by atoms with Crippen LogP contribution in [0.3, 0.4) is 0 Å². The molecule has 56 heavy (non-hydrogen) atoms. The molecule has 2 atom stereocenters. The number of nitrogens with zero attached hydrogens (tertiary/aromatic N) is 3. The third-order valence-corrected chi connectivity index (χ3v) is 10.5. The van der Waals surface area contributed by atoms with Gasteiger partial charge in [-0.15, -0.1) is 0 Å². The molecule has 0 saturated carbocycles. The number of anilines is 3. The monoisotopic (exact) mass is 760 g/mol. The number of H-pyrrole nitrogens is 1. The number of likely N-dealkylation sites (tertiary alicyclic amines) is 1. The first-order valence-corrected chi connectivity index (χ1v) is 18.8. The summed E-state index contributed by atoms with van der Waals surface area (Å²) in [5, 5.41) is 22.0. The number of unbranched alkanes of at least 4 members (excludes halogenated alkanes) is 1. The van der Waals surface area contributed by atoms with E-state index in [9.17, 15) is 28.8 Å². The van der Waals surface area contributed by atoms with Crippen LogP contribution in [0.5, 0.6) is 0 Å². The van der Waals surface area contributed by atoms with Crippen molar-refractivity contribution < 1.29 is 28.8 Å². The van der Waals surface area contributed by atoms with Gasteiger partial charge in [0.05, 0.1) is 28.7 Å². The Morgan fingerprint density at radius 3 is 2.62 bits per heavy atom. The molecule has 16 nitrogen and oxygen atoms in total. The van der Waals surface area contributed by atoms with E-state index in [1.165, 1.54) is 6.21 Å². The second kappa shape index (κ2) is 16.5. The zero-order chi connectivity index (χ0) is 39.3. The predicted molar refractivity (Wildman–Crippen MR) is 210 cm³/mol. The third kappa shape index (κ3) is 8.15. The summed E-state index contributed by atoms with van der Waals surface area (Å²) in [5.41, 5.74) is 5.02. The van der Waals surface area contributed by atoms with Gasteiger partial charge in [-0.2, -0.15) is 0 Å². The summed E-state index contributed by atoms with van der Waals surface area (Å²) in [7, 11) is 1.77. The van der Waals surface area contributed by atoms with Crippen molar-refractivity contribution in [3.8, 4) is 0 Å². The molecule has 3 aliphatic heterocycles. The topological polar surface area (TPSA) is 222 Å². The van der Waals surface area contributed by atoms with Gasteiger partial charge in [0.15, 0.2) is 0 Å². The number of imide groups is 2. The molecule has 0 spiro atoms. The number of amides is 6. The van der Waals surface area contributed by atoms with Crippen LogP contribution in [0.2, 0.25) is 0 Å². The Morgan fingerprint density at radius 1 is 0.982 bits per heavy atom. The number of imidazole rings is 1. The van der Waals surface area contributed by atoms with E-state index in [2.05, 4.69) is 36.5 Å². The summed E-state index contributed by atoms with van der Waals surface area (Å²) in [6.45, 7) is 3.28. The molecule has 2 saturated heterocycles. The zero-order valence-electron chi connectivity index (χ0n) is 31.0. The minimum atomic E-state index is -1.02. The first kappa shape index (κ1) is 37.9. The fourth-order valence-electron chi connectivity index (χ4n) is 7.60. The number of hydrogen-bond donors (Lipinski definition) is 7. The number of hydrogen-bond acceptors (Lipinski definition) is 11. The molecule has 0 radical (unpaired) electrons. The van der Waals surface area contributed by atoms with E-state index in [-0.39, 0.29) is 41.7 Å². The van der Waals surface area contributed by atoms with Crippen molar-refractivity contribution in [2.45, 2.75) is 51.1 Å². The Labute approximate surface area is 322 Å². The number of carbonyl (C=O) groups excluding carboxylic acids is 6. The molecule has 6 amide bonds. The largest absolute Gasteiger partial charge is 0.388 e. The van der Waals surface area contributed by atoms with Gasteiger partial charge in [0, 0.05) is 73.9 Å². The fraction of sp³-hybridized carbons (Fsp3) is 0.350. The van der Waals surface area contributed by atoms with Crippen LogP contribution in [0.15, 0.2) is 54.6 Å². The van der Waals surface area contributed by atoms with Gasteiger partial charge in [-0.3, -0.25) is 43.9 Å². The van der Waals surface area contributed by atoms with Crippen molar-refractivity contribution in [1.29, 1.82) is 5.41 Å². The highest BCUT2D eigenvalue weighted by atomic mass is 16.2. The second-order valence-electron chi connectivity index (χ2n) is 14.3. The van der Waals surface area contributed by atoms with Crippen LogP contribution in [-0.2, 0) is 20.9 Å². The first-order valence-electron chi connectivity index (χ1n) is 18.8. The molecule has 2 fully saturated rings. The Bertz CT molecular complexity index is 2230. The van der Waals surface area contributed by atoms with Gasteiger partial charge in [0.25, 0.3) is 17.7 Å². The van der Waals surface area contributed by atoms with Crippen LogP contribution in [0, 0.1) is 11.3 Å². The van der Waals surface area contributed by atoms with E-state index >= 15 is 0 Å². The van der Waals surface area contributed by atoms with Crippen LogP contribution >= 0.6 is 0 Å². The normalized spacial score (nSPS) is 18.2. The maximum atomic E-state index is 13.3. The van der Waals surface area contributed by atoms with Gasteiger partial charge in [-0.05, 0) is 86.7 Å². The van der Waals surface area contributed by atoms with Gasteiger partial charge < -0.3 is 31.7 Å². The molecule has 1 aromatic heterocycles. The van der Waals surface area contributed by atoms with Crippen LogP contribution in [0.4, 0.5) is 17.1 Å². The molecule has 3 aromatic carbocycles. The standard InChI is InChI=1S/C40H44N10O6/c1-42-28-9-7-24(18-25(28)20-41)37(53)45-26-8-10-29-31(19-26)47-33(46-29)22-49-16-13-23(21-49)17-35(52)44-15-3-2-14-43-30-6-4-5-27-36(30)40(56)50(39(27)55)32-11-12-34(51)48-38(32)54/h4-10,18-20,23,32,41-43H,2-3,11-17,21-22H2,1H3,(H,44,52)(H,45,53)(H,46,47)(H,48,51,54). The first-order chi connectivity index (χ1) is 27.1. The van der Waals surface area contributed by atoms with Crippen LogP contribution < -0.4 is 26.6 Å². The van der Waals surface area contributed by atoms with Crippen molar-refractivity contribution in [1.82, 2.24) is 30.4 Å². The lowest BCUT2D eigenvalue weighted by Gasteiger charge is -2.27. The smallest absolute Gasteiger partial charge is 0.264 e. The predicted octanol–water partition coefficient (Wildman–Crippen LogP) is 3.48. The lowest BCUT2D eigenvalue weighted by Crippen LogP contribution is -2.54. The molecule has 7 rings (SSSR count). The molecular weight excluding hydrogens is 717 g/mol. The summed E-state index contributed by atoms with van der Waals surface area (Å²) in [5.74, 6) is -1.39. The molecule has 3 aliphatic rings. The van der Waals surface area contributed by atoms with Crippen LogP contribution in [-0.4, -0.2) is 101 Å². The summed E-state index contributed by atoms with van der Waals surface area (Å²) in [6.07, 6.45) is 4.14. The van der Waals surface area contributed by atoms with Crippen molar-refractivity contribution in [2.75, 3.05) is 49.2 Å². The van der Waals surface area contributed by atoms with E-state index in [1.807, 2.05) is 18.2 Å². The quantitative estimate of drug-likeness (QED) is 0.0531. The van der Waals surface area contributed by atoms with Gasteiger partial charge in [0.1, 0.15) is 11.9 Å². The average molecular weight is 761 g/mol. The summed E-state index contributed by atoms with van der Waals surface area (Å²) in [6, 6.07) is 14.6. The molecule has 4 aromatic rings. The number of piperidine rings is 1. The Balaban J connectivity index is 0.819. The van der Waals surface area contributed by atoms with E-state index in [4.69, 9.17) is 10.4 Å². The molecule has 0 bridgehead atoms. The van der Waals surface area contributed by atoms with E-state index < -0.39 is 29.7 Å². The van der Waals surface area contributed by atoms with Crippen molar-refractivity contribution in [3.05, 3.63) is 82.7 Å². The lowest BCUT2D eigenvalue weighted by atomic mass is 10.0. The SMILES string of the molecule is CNc1ccc(C(=O)Nc2ccc3[nH]c(CN4CCC(CC(=O)NCCCCNc5cccc6c5C(=O)N(C5CCC(=O)NC5=O)C6=O)C4)nc3c2)cc1C=N. The number of nitrogens with one attached hydrogen (secondary N) is 7. The number of carbonyl (C=O) groups is 6. The number of fused-ring (bicyclic) bond motifs is 2. The molecule has 4 heterocycles. The van der Waals surface area contributed by atoms with Gasteiger partial charge in [-0.1, -0.05) is 6.07 Å². The Kier molecular flexibility index (Phi) is 11.2. The molecule has 16 heteroatoms. The maximum Gasteiger partial charge on any atom is 0.264 e. The highest BCUT2D eigenvalue weighted by Gasteiger charge is 2.45. The number of benzene rings is 3. The van der Waals surface area contributed by atoms with E-state index in [0.717, 1.165) is 47.0 Å². The summed E-state index contributed by atoms with van der Waals surface area (Å²) in [4.78, 5) is 87.4.